The highest BCUT2D eigenvalue weighted by Gasteiger charge is 2.30. The Morgan fingerprint density at radius 3 is 1.93 bits per heavy atom. The van der Waals surface area contributed by atoms with E-state index >= 15 is 0 Å². The van der Waals surface area contributed by atoms with Gasteiger partial charge in [-0.2, -0.15) is 13.2 Å². The first-order valence-corrected chi connectivity index (χ1v) is 8.49. The Hall–Kier alpha value is -3.03. The van der Waals surface area contributed by atoms with Gasteiger partial charge in [0.25, 0.3) is 0 Å². The summed E-state index contributed by atoms with van der Waals surface area (Å²) in [5.74, 6) is -0.00601. The van der Waals surface area contributed by atoms with Crippen LogP contribution < -0.4 is 9.47 Å². The number of rotatable bonds is 8. The number of hydrogen-bond donors (Lipinski definition) is 0. The lowest BCUT2D eigenvalue weighted by molar-refractivity contribution is -0.147. The molecule has 0 spiro atoms. The van der Waals surface area contributed by atoms with E-state index in [1.165, 1.54) is 19.1 Å². The molecule has 0 bridgehead atoms. The smallest absolute Gasteiger partial charge is 0.416 e. The van der Waals surface area contributed by atoms with Crippen LogP contribution in [0.4, 0.5) is 13.2 Å². The summed E-state index contributed by atoms with van der Waals surface area (Å²) in [6.07, 6.45) is -5.62. The number of halogens is 3. The second kappa shape index (κ2) is 9.25. The van der Waals surface area contributed by atoms with Crippen LogP contribution >= 0.6 is 0 Å². The first-order valence-electron chi connectivity index (χ1n) is 8.49. The first kappa shape index (κ1) is 21.3. The van der Waals surface area contributed by atoms with E-state index in [2.05, 4.69) is 0 Å². The zero-order valence-corrected chi connectivity index (χ0v) is 15.3. The Kier molecular flexibility index (Phi) is 7.03. The molecule has 5 nitrogen and oxygen atoms in total. The number of hydrogen-bond acceptors (Lipinski definition) is 5. The summed E-state index contributed by atoms with van der Waals surface area (Å²) in [5.41, 5.74) is -0.759. The van der Waals surface area contributed by atoms with Gasteiger partial charge in [-0.1, -0.05) is 0 Å². The fourth-order valence-electron chi connectivity index (χ4n) is 2.20. The molecule has 0 aliphatic carbocycles. The number of ether oxygens (including phenoxy) is 3. The van der Waals surface area contributed by atoms with Crippen molar-refractivity contribution in [3.8, 4) is 17.2 Å². The largest absolute Gasteiger partial charge is 0.483 e. The van der Waals surface area contributed by atoms with Crippen LogP contribution in [0.25, 0.3) is 0 Å². The Morgan fingerprint density at radius 1 is 0.929 bits per heavy atom. The molecule has 0 fully saturated rings. The zero-order chi connectivity index (χ0) is 20.7. The van der Waals surface area contributed by atoms with E-state index in [1.807, 2.05) is 0 Å². The molecular weight excluding hydrogens is 377 g/mol. The molecule has 0 N–H and O–H groups in total. The van der Waals surface area contributed by atoms with Crippen LogP contribution in [0.3, 0.4) is 0 Å². The number of ketones is 1. The SMILES string of the molecule is CCOC(=O)CC(=O)[C@@H](C)Oc1ccc(Oc2ccc(C(F)(F)F)cc2)cc1. The highest BCUT2D eigenvalue weighted by Crippen LogP contribution is 2.31. The Morgan fingerprint density at radius 2 is 1.43 bits per heavy atom. The third kappa shape index (κ3) is 6.29. The van der Waals surface area contributed by atoms with Gasteiger partial charge in [0.1, 0.15) is 23.7 Å². The Labute approximate surface area is 160 Å². The number of carbonyl (C=O) groups is 2. The maximum atomic E-state index is 12.6. The molecule has 0 heterocycles. The van der Waals surface area contributed by atoms with Crippen molar-refractivity contribution < 1.29 is 37.0 Å². The minimum atomic E-state index is -4.40. The third-order valence-electron chi connectivity index (χ3n) is 3.63. The van der Waals surface area contributed by atoms with E-state index in [0.717, 1.165) is 12.1 Å². The van der Waals surface area contributed by atoms with Crippen LogP contribution in [0.1, 0.15) is 25.8 Å². The monoisotopic (exact) mass is 396 g/mol. The molecule has 0 aromatic heterocycles. The summed E-state index contributed by atoms with van der Waals surface area (Å²) in [4.78, 5) is 23.2. The lowest BCUT2D eigenvalue weighted by atomic mass is 10.2. The number of esters is 1. The molecule has 150 valence electrons. The predicted molar refractivity (Wildman–Crippen MR) is 94.3 cm³/mol. The maximum Gasteiger partial charge on any atom is 0.416 e. The van der Waals surface area contributed by atoms with Crippen LogP contribution in [-0.2, 0) is 20.5 Å². The summed E-state index contributed by atoms with van der Waals surface area (Å²) < 4.78 is 53.3. The fraction of sp³-hybridized carbons (Fsp3) is 0.300. The van der Waals surface area contributed by atoms with Crippen molar-refractivity contribution in [3.05, 3.63) is 54.1 Å². The highest BCUT2D eigenvalue weighted by molar-refractivity contribution is 5.97. The van der Waals surface area contributed by atoms with Crippen molar-refractivity contribution in [2.45, 2.75) is 32.5 Å². The fourth-order valence-corrected chi connectivity index (χ4v) is 2.20. The Bertz CT molecular complexity index is 798. The van der Waals surface area contributed by atoms with Crippen LogP contribution in [-0.4, -0.2) is 24.5 Å². The summed E-state index contributed by atoms with van der Waals surface area (Å²) in [6, 6.07) is 10.5. The predicted octanol–water partition coefficient (Wildman–Crippen LogP) is 4.79. The van der Waals surface area contributed by atoms with Gasteiger partial charge >= 0.3 is 12.1 Å². The second-order valence-electron chi connectivity index (χ2n) is 5.80. The number of carbonyl (C=O) groups excluding carboxylic acids is 2. The van der Waals surface area contributed by atoms with Crippen LogP contribution in [0.5, 0.6) is 17.2 Å². The summed E-state index contributed by atoms with van der Waals surface area (Å²) in [7, 11) is 0. The topological polar surface area (TPSA) is 61.8 Å². The molecule has 0 aliphatic rings. The standard InChI is InChI=1S/C20H19F3O5/c1-3-26-19(25)12-18(24)13(2)27-15-8-10-17(11-9-15)28-16-6-4-14(5-7-16)20(21,22)23/h4-11,13H,3,12H2,1-2H3/t13-/m1/s1. The molecule has 0 amide bonds. The average molecular weight is 396 g/mol. The second-order valence-corrected chi connectivity index (χ2v) is 5.80. The molecule has 2 aromatic carbocycles. The van der Waals surface area contributed by atoms with Crippen molar-refractivity contribution >= 4 is 11.8 Å². The molecule has 28 heavy (non-hydrogen) atoms. The molecule has 2 rings (SSSR count). The van der Waals surface area contributed by atoms with Gasteiger partial charge in [-0.05, 0) is 62.4 Å². The van der Waals surface area contributed by atoms with Gasteiger partial charge in [-0.15, -0.1) is 0 Å². The summed E-state index contributed by atoms with van der Waals surface area (Å²) >= 11 is 0. The third-order valence-corrected chi connectivity index (χ3v) is 3.63. The van der Waals surface area contributed by atoms with E-state index in [-0.39, 0.29) is 18.8 Å². The van der Waals surface area contributed by atoms with E-state index < -0.39 is 29.6 Å². The molecular formula is C20H19F3O5. The molecule has 0 saturated heterocycles. The van der Waals surface area contributed by atoms with Gasteiger partial charge in [0.2, 0.25) is 0 Å². The van der Waals surface area contributed by atoms with E-state index in [0.29, 0.717) is 11.5 Å². The number of Topliss-reactive ketones (excluding diaryl/α,β-unsaturated/α-hetero) is 1. The lowest BCUT2D eigenvalue weighted by Crippen LogP contribution is -2.26. The van der Waals surface area contributed by atoms with E-state index in [1.54, 1.807) is 31.2 Å². The maximum absolute atomic E-state index is 12.6. The van der Waals surface area contributed by atoms with Gasteiger partial charge in [-0.25, -0.2) is 0 Å². The number of benzene rings is 2. The van der Waals surface area contributed by atoms with Gasteiger partial charge in [0.15, 0.2) is 11.9 Å². The molecule has 8 heteroatoms. The molecule has 1 atom stereocenters. The van der Waals surface area contributed by atoms with E-state index in [9.17, 15) is 22.8 Å². The van der Waals surface area contributed by atoms with Gasteiger partial charge in [-0.3, -0.25) is 9.59 Å². The summed E-state index contributed by atoms with van der Waals surface area (Å²) in [5, 5.41) is 0. The van der Waals surface area contributed by atoms with Crippen LogP contribution in [0, 0.1) is 0 Å². The number of alkyl halides is 3. The Balaban J connectivity index is 1.92. The van der Waals surface area contributed by atoms with Crippen molar-refractivity contribution in [1.82, 2.24) is 0 Å². The summed E-state index contributed by atoms with van der Waals surface area (Å²) in [6.45, 7) is 3.37. The minimum absolute atomic E-state index is 0.196. The van der Waals surface area contributed by atoms with Crippen molar-refractivity contribution in [2.24, 2.45) is 0 Å². The van der Waals surface area contributed by atoms with Crippen LogP contribution in [0.15, 0.2) is 48.5 Å². The van der Waals surface area contributed by atoms with Crippen molar-refractivity contribution in [1.29, 1.82) is 0 Å². The van der Waals surface area contributed by atoms with Gasteiger partial charge in [0, 0.05) is 0 Å². The van der Waals surface area contributed by atoms with Crippen molar-refractivity contribution in [3.63, 3.8) is 0 Å². The van der Waals surface area contributed by atoms with Gasteiger partial charge in [0.05, 0.1) is 12.2 Å². The highest BCUT2D eigenvalue weighted by atomic mass is 19.4. The first-order chi connectivity index (χ1) is 13.2. The lowest BCUT2D eigenvalue weighted by Gasteiger charge is -2.14. The van der Waals surface area contributed by atoms with E-state index in [4.69, 9.17) is 14.2 Å². The van der Waals surface area contributed by atoms with Crippen molar-refractivity contribution in [2.75, 3.05) is 6.61 Å². The molecule has 0 radical (unpaired) electrons. The van der Waals surface area contributed by atoms with Crippen LogP contribution in [0.2, 0.25) is 0 Å². The quantitative estimate of drug-likeness (QED) is 0.474. The normalized spacial score (nSPS) is 12.2. The molecule has 0 aliphatic heterocycles. The molecule has 0 saturated carbocycles. The zero-order valence-electron chi connectivity index (χ0n) is 15.3. The molecule has 2 aromatic rings. The molecule has 0 unspecified atom stereocenters. The minimum Gasteiger partial charge on any atom is -0.483 e. The average Bonchev–Trinajstić information content (AvgIpc) is 2.63. The van der Waals surface area contributed by atoms with Gasteiger partial charge < -0.3 is 14.2 Å².